The van der Waals surface area contributed by atoms with Gasteiger partial charge in [0.25, 0.3) is 5.91 Å². The average molecular weight is 487 g/mol. The highest BCUT2D eigenvalue weighted by Crippen LogP contribution is 2.41. The van der Waals surface area contributed by atoms with Crippen LogP contribution in [0.25, 0.3) is 11.1 Å². The maximum Gasteiger partial charge on any atom is 0.339 e. The molecule has 30 heavy (non-hydrogen) atoms. The molecule has 0 aliphatic heterocycles. The summed E-state index contributed by atoms with van der Waals surface area (Å²) in [5, 5.41) is 14.2. The van der Waals surface area contributed by atoms with Crippen LogP contribution in [-0.2, 0) is 0 Å². The van der Waals surface area contributed by atoms with E-state index in [0.717, 1.165) is 11.3 Å². The van der Waals surface area contributed by atoms with Gasteiger partial charge in [-0.25, -0.2) is 4.79 Å². The van der Waals surface area contributed by atoms with E-state index >= 15 is 0 Å². The minimum absolute atomic E-state index is 0.0109. The first kappa shape index (κ1) is 22.2. The lowest BCUT2D eigenvalue weighted by Gasteiger charge is -2.12. The molecule has 6 nitrogen and oxygen atoms in total. The highest BCUT2D eigenvalue weighted by molar-refractivity contribution is 7.15. The molecule has 0 saturated heterocycles. The third kappa shape index (κ3) is 4.20. The Hall–Kier alpha value is -2.45. The van der Waals surface area contributed by atoms with Crippen LogP contribution in [0.2, 0.25) is 15.1 Å². The normalized spacial score (nSPS) is 10.6. The summed E-state index contributed by atoms with van der Waals surface area (Å²) in [4.78, 5) is 24.7. The monoisotopic (exact) mass is 485 g/mol. The smallest absolute Gasteiger partial charge is 0.339 e. The van der Waals surface area contributed by atoms with Crippen molar-refractivity contribution in [1.82, 2.24) is 0 Å². The average Bonchev–Trinajstić information content (AvgIpc) is 3.14. The Morgan fingerprint density at radius 1 is 1.03 bits per heavy atom. The Labute approximate surface area is 190 Å². The molecular weight excluding hydrogens is 473 g/mol. The summed E-state index contributed by atoms with van der Waals surface area (Å²) < 4.78 is 10.2. The number of methoxy groups -OCH3 is 2. The molecule has 3 aromatic rings. The van der Waals surface area contributed by atoms with Crippen LogP contribution < -0.4 is 14.8 Å². The Balaban J connectivity index is 1.98. The van der Waals surface area contributed by atoms with Gasteiger partial charge in [-0.3, -0.25) is 4.79 Å². The van der Waals surface area contributed by atoms with Crippen molar-refractivity contribution in [3.05, 3.63) is 61.9 Å². The first-order valence-corrected chi connectivity index (χ1v) is 10.3. The van der Waals surface area contributed by atoms with Crippen molar-refractivity contribution < 1.29 is 24.2 Å². The number of anilines is 1. The van der Waals surface area contributed by atoms with Gasteiger partial charge in [0, 0.05) is 10.9 Å². The fourth-order valence-corrected chi connectivity index (χ4v) is 4.54. The van der Waals surface area contributed by atoms with Gasteiger partial charge < -0.3 is 19.9 Å². The molecule has 0 aliphatic carbocycles. The zero-order valence-electron chi connectivity index (χ0n) is 15.6. The van der Waals surface area contributed by atoms with E-state index in [-0.39, 0.29) is 36.9 Å². The second-order valence-electron chi connectivity index (χ2n) is 5.91. The minimum Gasteiger partial charge on any atom is -0.497 e. The van der Waals surface area contributed by atoms with Gasteiger partial charge in [0.15, 0.2) is 5.75 Å². The minimum atomic E-state index is -1.19. The van der Waals surface area contributed by atoms with Gasteiger partial charge in [-0.1, -0.05) is 46.9 Å². The van der Waals surface area contributed by atoms with E-state index in [2.05, 4.69) is 5.32 Å². The topological polar surface area (TPSA) is 84.9 Å². The van der Waals surface area contributed by atoms with Crippen LogP contribution in [0.15, 0.2) is 35.7 Å². The molecule has 0 spiro atoms. The second kappa shape index (κ2) is 9.14. The third-order valence-corrected chi connectivity index (χ3v) is 6.22. The number of hydrogen-bond donors (Lipinski definition) is 2. The Morgan fingerprint density at radius 2 is 1.70 bits per heavy atom. The number of ether oxygens (including phenoxy) is 2. The number of carbonyl (C=O) groups is 2. The molecule has 2 N–H and O–H groups in total. The van der Waals surface area contributed by atoms with Crippen molar-refractivity contribution in [2.45, 2.75) is 0 Å². The second-order valence-corrected chi connectivity index (χ2v) is 7.95. The van der Waals surface area contributed by atoms with Crippen LogP contribution >= 0.6 is 46.1 Å². The molecular formula is C20H14Cl3NO5S. The van der Waals surface area contributed by atoms with Crippen LogP contribution in [-0.4, -0.2) is 31.2 Å². The van der Waals surface area contributed by atoms with Crippen LogP contribution in [0.4, 0.5) is 5.00 Å². The number of thiophene rings is 1. The lowest BCUT2D eigenvalue weighted by molar-refractivity contribution is 0.0699. The van der Waals surface area contributed by atoms with Gasteiger partial charge in [-0.15, -0.1) is 11.3 Å². The van der Waals surface area contributed by atoms with Gasteiger partial charge in [-0.2, -0.15) is 0 Å². The fraction of sp³-hybridized carbons (Fsp3) is 0.100. The summed E-state index contributed by atoms with van der Waals surface area (Å²) >= 11 is 19.5. The zero-order valence-corrected chi connectivity index (χ0v) is 18.7. The molecule has 1 heterocycles. The number of rotatable bonds is 6. The van der Waals surface area contributed by atoms with E-state index in [0.29, 0.717) is 16.9 Å². The number of halogens is 3. The summed E-state index contributed by atoms with van der Waals surface area (Å²) in [7, 11) is 2.91. The SMILES string of the molecule is COc1ccc(-c2csc(NC(=O)c3cc(Cl)c(OC)c(Cl)c3Cl)c2C(=O)O)cc1. The lowest BCUT2D eigenvalue weighted by Crippen LogP contribution is -2.14. The van der Waals surface area contributed by atoms with Gasteiger partial charge >= 0.3 is 5.97 Å². The molecule has 156 valence electrons. The van der Waals surface area contributed by atoms with E-state index in [1.165, 1.54) is 13.2 Å². The summed E-state index contributed by atoms with van der Waals surface area (Å²) in [5.74, 6) is -1.06. The van der Waals surface area contributed by atoms with Gasteiger partial charge in [0.1, 0.15) is 21.3 Å². The predicted octanol–water partition coefficient (Wildman–Crippen LogP) is 6.34. The first-order valence-electron chi connectivity index (χ1n) is 8.30. The zero-order chi connectivity index (χ0) is 22.0. The number of nitrogens with one attached hydrogen (secondary N) is 1. The van der Waals surface area contributed by atoms with Gasteiger partial charge in [0.2, 0.25) is 0 Å². The van der Waals surface area contributed by atoms with Crippen LogP contribution in [0.3, 0.4) is 0 Å². The number of carbonyl (C=O) groups excluding carboxylic acids is 1. The molecule has 1 amide bonds. The molecule has 1 aromatic heterocycles. The molecule has 0 aliphatic rings. The largest absolute Gasteiger partial charge is 0.497 e. The van der Waals surface area contributed by atoms with Crippen molar-refractivity contribution in [3.63, 3.8) is 0 Å². The molecule has 0 radical (unpaired) electrons. The van der Waals surface area contributed by atoms with Gasteiger partial charge in [0.05, 0.1) is 29.8 Å². The van der Waals surface area contributed by atoms with Crippen molar-refractivity contribution >= 4 is 63.0 Å². The molecule has 0 saturated carbocycles. The fourth-order valence-electron chi connectivity index (χ4n) is 2.75. The third-order valence-electron chi connectivity index (χ3n) is 4.20. The molecule has 2 aromatic carbocycles. The molecule has 3 rings (SSSR count). The van der Waals surface area contributed by atoms with E-state index in [1.807, 2.05) is 0 Å². The Morgan fingerprint density at radius 3 is 2.27 bits per heavy atom. The van der Waals surface area contributed by atoms with Gasteiger partial charge in [-0.05, 0) is 23.8 Å². The van der Waals surface area contributed by atoms with E-state index in [1.54, 1.807) is 36.8 Å². The highest BCUT2D eigenvalue weighted by Gasteiger charge is 2.24. The summed E-state index contributed by atoms with van der Waals surface area (Å²) in [6.45, 7) is 0. The number of aromatic carboxylic acids is 1. The molecule has 0 fully saturated rings. The van der Waals surface area contributed by atoms with Crippen molar-refractivity contribution in [3.8, 4) is 22.6 Å². The van der Waals surface area contributed by atoms with Crippen LogP contribution in [0, 0.1) is 0 Å². The van der Waals surface area contributed by atoms with Crippen molar-refractivity contribution in [2.75, 3.05) is 19.5 Å². The summed E-state index contributed by atoms with van der Waals surface area (Å²) in [6.07, 6.45) is 0. The van der Waals surface area contributed by atoms with E-state index < -0.39 is 11.9 Å². The van der Waals surface area contributed by atoms with Crippen molar-refractivity contribution in [2.24, 2.45) is 0 Å². The summed E-state index contributed by atoms with van der Waals surface area (Å²) in [5.41, 5.74) is 1.07. The van der Waals surface area contributed by atoms with E-state index in [4.69, 9.17) is 44.3 Å². The molecule has 0 atom stereocenters. The standard InChI is InChI=1S/C20H14Cl3NO5S/c1-28-10-5-3-9(4-6-10)12-8-30-19(14(12)20(26)27)24-18(25)11-7-13(21)17(29-2)16(23)15(11)22/h3-8H,1-2H3,(H,24,25)(H,26,27). The van der Waals surface area contributed by atoms with Crippen molar-refractivity contribution in [1.29, 1.82) is 0 Å². The number of carboxylic acids is 1. The Bertz CT molecular complexity index is 1130. The molecule has 0 unspecified atom stereocenters. The van der Waals surface area contributed by atoms with E-state index in [9.17, 15) is 14.7 Å². The predicted molar refractivity (Wildman–Crippen MR) is 119 cm³/mol. The van der Waals surface area contributed by atoms with Crippen LogP contribution in [0.5, 0.6) is 11.5 Å². The highest BCUT2D eigenvalue weighted by atomic mass is 35.5. The maximum atomic E-state index is 12.8. The first-order chi connectivity index (χ1) is 14.3. The Kier molecular flexibility index (Phi) is 6.77. The number of hydrogen-bond acceptors (Lipinski definition) is 5. The lowest BCUT2D eigenvalue weighted by atomic mass is 10.0. The maximum absolute atomic E-state index is 12.8. The number of carboxylic acid groups (broad SMARTS) is 1. The molecule has 0 bridgehead atoms. The van der Waals surface area contributed by atoms with Crippen LogP contribution in [0.1, 0.15) is 20.7 Å². The number of benzene rings is 2. The molecule has 10 heteroatoms. The quantitative estimate of drug-likeness (QED) is 0.397. The summed E-state index contributed by atoms with van der Waals surface area (Å²) in [6, 6.07) is 8.22. The number of amides is 1.